The van der Waals surface area contributed by atoms with E-state index in [-0.39, 0.29) is 11.2 Å². The predicted molar refractivity (Wildman–Crippen MR) is 101 cm³/mol. The molecule has 1 N–H and O–H groups in total. The van der Waals surface area contributed by atoms with Gasteiger partial charge in [-0.3, -0.25) is 4.79 Å². The van der Waals surface area contributed by atoms with Gasteiger partial charge in [0.2, 0.25) is 5.91 Å². The van der Waals surface area contributed by atoms with E-state index in [0.29, 0.717) is 41.9 Å². The van der Waals surface area contributed by atoms with Crippen LogP contribution in [0.1, 0.15) is 6.92 Å². The molecule has 1 heterocycles. The van der Waals surface area contributed by atoms with Crippen molar-refractivity contribution in [2.45, 2.75) is 17.1 Å². The molecule has 138 valence electrons. The summed E-state index contributed by atoms with van der Waals surface area (Å²) in [4.78, 5) is 13.4. The number of benzene rings is 2. The van der Waals surface area contributed by atoms with Crippen molar-refractivity contribution < 1.29 is 23.7 Å². The average Bonchev–Trinajstić information content (AvgIpc) is 2.67. The number of hydrogen-bond donors (Lipinski definition) is 1. The van der Waals surface area contributed by atoms with Gasteiger partial charge in [-0.15, -0.1) is 11.8 Å². The van der Waals surface area contributed by atoms with Crippen LogP contribution in [0.3, 0.4) is 0 Å². The van der Waals surface area contributed by atoms with Crippen LogP contribution in [0.5, 0.6) is 23.0 Å². The summed E-state index contributed by atoms with van der Waals surface area (Å²) in [5, 5.41) is 2.62. The summed E-state index contributed by atoms with van der Waals surface area (Å²) >= 11 is 1.44. The number of methoxy groups -OCH3 is 2. The third kappa shape index (κ3) is 4.16. The van der Waals surface area contributed by atoms with Crippen LogP contribution in [0, 0.1) is 0 Å². The molecule has 0 radical (unpaired) electrons. The summed E-state index contributed by atoms with van der Waals surface area (Å²) in [7, 11) is 3.18. The third-order valence-electron chi connectivity index (χ3n) is 3.85. The number of thioether (sulfide) groups is 1. The Morgan fingerprint density at radius 2 is 1.77 bits per heavy atom. The van der Waals surface area contributed by atoms with Crippen molar-refractivity contribution in [2.24, 2.45) is 0 Å². The largest absolute Gasteiger partial charge is 0.493 e. The number of carbonyl (C=O) groups excluding carboxylic acids is 1. The molecule has 0 bridgehead atoms. The Bertz CT molecular complexity index is 795. The third-order valence-corrected chi connectivity index (χ3v) is 4.94. The Balaban J connectivity index is 1.64. The molecular formula is C19H21NO5S. The fourth-order valence-corrected chi connectivity index (χ4v) is 3.41. The lowest BCUT2D eigenvalue weighted by atomic mass is 10.2. The lowest BCUT2D eigenvalue weighted by molar-refractivity contribution is -0.115. The van der Waals surface area contributed by atoms with Crippen LogP contribution in [0.2, 0.25) is 0 Å². The van der Waals surface area contributed by atoms with Gasteiger partial charge < -0.3 is 24.3 Å². The Kier molecular flexibility index (Phi) is 5.78. The quantitative estimate of drug-likeness (QED) is 0.779. The molecule has 1 aliphatic heterocycles. The van der Waals surface area contributed by atoms with E-state index in [9.17, 15) is 4.79 Å². The minimum Gasteiger partial charge on any atom is -0.493 e. The zero-order valence-electron chi connectivity index (χ0n) is 14.9. The topological polar surface area (TPSA) is 66.0 Å². The van der Waals surface area contributed by atoms with Crippen molar-refractivity contribution in [3.8, 4) is 23.0 Å². The summed E-state index contributed by atoms with van der Waals surface area (Å²) in [6.45, 7) is 2.91. The van der Waals surface area contributed by atoms with Gasteiger partial charge in [-0.25, -0.2) is 0 Å². The normalized spacial score (nSPS) is 13.7. The van der Waals surface area contributed by atoms with E-state index in [1.54, 1.807) is 32.4 Å². The van der Waals surface area contributed by atoms with Gasteiger partial charge in [0.1, 0.15) is 13.2 Å². The van der Waals surface area contributed by atoms with Crippen molar-refractivity contribution in [2.75, 3.05) is 32.8 Å². The van der Waals surface area contributed by atoms with Crippen molar-refractivity contribution in [3.05, 3.63) is 36.4 Å². The maximum atomic E-state index is 12.5. The molecule has 0 spiro atoms. The van der Waals surface area contributed by atoms with Gasteiger partial charge in [-0.1, -0.05) is 0 Å². The lowest BCUT2D eigenvalue weighted by Gasteiger charge is -2.19. The van der Waals surface area contributed by atoms with Crippen LogP contribution in [-0.4, -0.2) is 38.6 Å². The van der Waals surface area contributed by atoms with Gasteiger partial charge in [0.05, 0.1) is 19.5 Å². The first-order valence-corrected chi connectivity index (χ1v) is 9.08. The van der Waals surface area contributed by atoms with E-state index >= 15 is 0 Å². The van der Waals surface area contributed by atoms with E-state index in [4.69, 9.17) is 18.9 Å². The van der Waals surface area contributed by atoms with Crippen LogP contribution in [0.4, 0.5) is 5.69 Å². The smallest absolute Gasteiger partial charge is 0.237 e. The first-order valence-electron chi connectivity index (χ1n) is 8.20. The maximum Gasteiger partial charge on any atom is 0.237 e. The number of rotatable bonds is 6. The van der Waals surface area contributed by atoms with Crippen molar-refractivity contribution >= 4 is 23.4 Å². The Morgan fingerprint density at radius 3 is 2.50 bits per heavy atom. The second-order valence-electron chi connectivity index (χ2n) is 5.62. The maximum absolute atomic E-state index is 12.5. The first-order chi connectivity index (χ1) is 12.6. The van der Waals surface area contributed by atoms with E-state index in [2.05, 4.69) is 5.32 Å². The molecule has 6 nitrogen and oxygen atoms in total. The van der Waals surface area contributed by atoms with E-state index in [1.807, 2.05) is 25.1 Å². The van der Waals surface area contributed by atoms with Gasteiger partial charge in [-0.2, -0.15) is 0 Å². The number of anilines is 1. The number of nitrogens with one attached hydrogen (secondary N) is 1. The molecular weight excluding hydrogens is 354 g/mol. The van der Waals surface area contributed by atoms with Crippen LogP contribution in [0.25, 0.3) is 0 Å². The molecule has 7 heteroatoms. The van der Waals surface area contributed by atoms with Crippen LogP contribution < -0.4 is 24.3 Å². The number of amides is 1. The monoisotopic (exact) mass is 375 g/mol. The zero-order valence-corrected chi connectivity index (χ0v) is 15.7. The molecule has 2 aromatic rings. The number of hydrogen-bond acceptors (Lipinski definition) is 6. The summed E-state index contributed by atoms with van der Waals surface area (Å²) < 4.78 is 21.6. The lowest BCUT2D eigenvalue weighted by Crippen LogP contribution is -2.22. The summed E-state index contributed by atoms with van der Waals surface area (Å²) in [5.41, 5.74) is 0.680. The fourth-order valence-electron chi connectivity index (χ4n) is 2.51. The predicted octanol–water partition coefficient (Wildman–Crippen LogP) is 3.59. The highest BCUT2D eigenvalue weighted by Crippen LogP contribution is 2.35. The molecule has 2 aromatic carbocycles. The second-order valence-corrected chi connectivity index (χ2v) is 7.04. The van der Waals surface area contributed by atoms with Crippen LogP contribution in [-0.2, 0) is 4.79 Å². The van der Waals surface area contributed by atoms with Gasteiger partial charge in [-0.05, 0) is 37.3 Å². The Labute approximate surface area is 156 Å². The van der Waals surface area contributed by atoms with Crippen molar-refractivity contribution in [3.63, 3.8) is 0 Å². The van der Waals surface area contributed by atoms with Crippen molar-refractivity contribution in [1.82, 2.24) is 0 Å². The summed E-state index contributed by atoms with van der Waals surface area (Å²) in [6, 6.07) is 11.0. The highest BCUT2D eigenvalue weighted by molar-refractivity contribution is 8.00. The Morgan fingerprint density at radius 1 is 1.04 bits per heavy atom. The zero-order chi connectivity index (χ0) is 18.5. The first kappa shape index (κ1) is 18.3. The molecule has 0 saturated carbocycles. The standard InChI is InChI=1S/C19H21NO5S/c1-12(26-14-5-7-15(22-2)17(11-14)23-3)19(21)20-13-4-6-16-18(10-13)25-9-8-24-16/h4-7,10-12H,8-9H2,1-3H3,(H,20,21). The molecule has 0 saturated heterocycles. The van der Waals surface area contributed by atoms with E-state index in [0.717, 1.165) is 4.90 Å². The van der Waals surface area contributed by atoms with Gasteiger partial charge >= 0.3 is 0 Å². The SMILES string of the molecule is COc1ccc(SC(C)C(=O)Nc2ccc3c(c2)OCCO3)cc1OC. The minimum absolute atomic E-state index is 0.0959. The molecule has 3 rings (SSSR count). The van der Waals surface area contributed by atoms with Gasteiger partial charge in [0, 0.05) is 16.6 Å². The number of ether oxygens (including phenoxy) is 4. The summed E-state index contributed by atoms with van der Waals surface area (Å²) in [6.07, 6.45) is 0. The van der Waals surface area contributed by atoms with Crippen molar-refractivity contribution in [1.29, 1.82) is 0 Å². The van der Waals surface area contributed by atoms with Crippen LogP contribution in [0.15, 0.2) is 41.3 Å². The molecule has 0 aliphatic carbocycles. The molecule has 1 atom stereocenters. The highest BCUT2D eigenvalue weighted by atomic mass is 32.2. The summed E-state index contributed by atoms with van der Waals surface area (Å²) in [5.74, 6) is 2.54. The molecule has 1 aliphatic rings. The minimum atomic E-state index is -0.290. The second kappa shape index (κ2) is 8.23. The number of carbonyl (C=O) groups is 1. The van der Waals surface area contributed by atoms with E-state index in [1.165, 1.54) is 11.8 Å². The van der Waals surface area contributed by atoms with Gasteiger partial charge in [0.15, 0.2) is 23.0 Å². The molecule has 1 unspecified atom stereocenters. The molecule has 0 fully saturated rings. The average molecular weight is 375 g/mol. The number of fused-ring (bicyclic) bond motifs is 1. The molecule has 0 aromatic heterocycles. The highest BCUT2D eigenvalue weighted by Gasteiger charge is 2.18. The molecule has 26 heavy (non-hydrogen) atoms. The van der Waals surface area contributed by atoms with E-state index < -0.39 is 0 Å². The Hall–Kier alpha value is -2.54. The van der Waals surface area contributed by atoms with Gasteiger partial charge in [0.25, 0.3) is 0 Å². The fraction of sp³-hybridized carbons (Fsp3) is 0.316. The van der Waals surface area contributed by atoms with Crippen LogP contribution >= 0.6 is 11.8 Å². The molecule has 1 amide bonds.